The Balaban J connectivity index is 1.45. The van der Waals surface area contributed by atoms with Crippen molar-refractivity contribution in [3.63, 3.8) is 0 Å². The van der Waals surface area contributed by atoms with Crippen LogP contribution in [-0.4, -0.2) is 31.2 Å². The summed E-state index contributed by atoms with van der Waals surface area (Å²) in [5.41, 5.74) is 2.22. The van der Waals surface area contributed by atoms with Crippen LogP contribution in [0.2, 0.25) is 0 Å². The largest absolute Gasteiger partial charge is 0.455 e. The predicted octanol–water partition coefficient (Wildman–Crippen LogP) is 4.26. The zero-order chi connectivity index (χ0) is 20.2. The minimum Gasteiger partial charge on any atom is -0.455 e. The van der Waals surface area contributed by atoms with Crippen LogP contribution >= 0.6 is 11.8 Å². The fourth-order valence-electron chi connectivity index (χ4n) is 2.89. The van der Waals surface area contributed by atoms with Crippen LogP contribution in [0.25, 0.3) is 5.65 Å². The van der Waals surface area contributed by atoms with Crippen LogP contribution in [0.4, 0.5) is 5.69 Å². The minimum absolute atomic E-state index is 0.159. The molecule has 8 heteroatoms. The molecular weight excluding hydrogens is 386 g/mol. The van der Waals surface area contributed by atoms with Crippen LogP contribution in [0.5, 0.6) is 11.5 Å². The third kappa shape index (κ3) is 4.38. The van der Waals surface area contributed by atoms with E-state index in [2.05, 4.69) is 20.5 Å². The molecule has 0 unspecified atom stereocenters. The van der Waals surface area contributed by atoms with Crippen LogP contribution in [0.3, 0.4) is 0 Å². The number of para-hydroxylation sites is 3. The number of anilines is 1. The highest BCUT2D eigenvalue weighted by Crippen LogP contribution is 2.29. The smallest absolute Gasteiger partial charge is 0.234 e. The summed E-state index contributed by atoms with van der Waals surface area (Å²) < 4.78 is 7.73. The van der Waals surface area contributed by atoms with Gasteiger partial charge in [-0.05, 0) is 38.1 Å². The first-order valence-electron chi connectivity index (χ1n) is 9.04. The first kappa shape index (κ1) is 18.9. The third-order valence-corrected chi connectivity index (χ3v) is 5.05. The summed E-state index contributed by atoms with van der Waals surface area (Å²) in [4.78, 5) is 17.0. The molecule has 4 rings (SSSR count). The molecule has 0 aliphatic carbocycles. The molecule has 1 N–H and O–H groups in total. The van der Waals surface area contributed by atoms with Crippen LogP contribution in [-0.2, 0) is 4.79 Å². The van der Waals surface area contributed by atoms with E-state index in [0.717, 1.165) is 17.2 Å². The van der Waals surface area contributed by atoms with Gasteiger partial charge in [0.25, 0.3) is 0 Å². The van der Waals surface area contributed by atoms with Crippen molar-refractivity contribution in [3.8, 4) is 11.5 Å². The first-order chi connectivity index (χ1) is 14.1. The molecule has 2 aromatic heterocycles. The van der Waals surface area contributed by atoms with Gasteiger partial charge in [0.2, 0.25) is 5.91 Å². The van der Waals surface area contributed by atoms with E-state index in [1.54, 1.807) is 0 Å². The first-order valence-corrected chi connectivity index (χ1v) is 10.0. The minimum atomic E-state index is -0.159. The number of rotatable bonds is 6. The van der Waals surface area contributed by atoms with Crippen LogP contribution in [0.1, 0.15) is 11.5 Å². The standard InChI is InChI=1S/C21H19N5O2S/c1-14-12-19-24-25-21(26(19)15(2)22-14)29-13-20(27)23-17-10-6-7-11-18(17)28-16-8-4-3-5-9-16/h3-12H,13H2,1-2H3,(H,23,27). The van der Waals surface area contributed by atoms with Crippen molar-refractivity contribution in [3.05, 3.63) is 72.2 Å². The number of hydrogen-bond donors (Lipinski definition) is 1. The molecule has 0 saturated heterocycles. The van der Waals surface area contributed by atoms with E-state index in [1.807, 2.05) is 78.9 Å². The van der Waals surface area contributed by atoms with Gasteiger partial charge in [0.1, 0.15) is 11.6 Å². The Morgan fingerprint density at radius 1 is 1.07 bits per heavy atom. The number of carbonyl (C=O) groups is 1. The third-order valence-electron chi connectivity index (χ3n) is 4.12. The molecule has 1 amide bonds. The number of benzene rings is 2. The number of nitrogens with zero attached hydrogens (tertiary/aromatic N) is 4. The maximum Gasteiger partial charge on any atom is 0.234 e. The van der Waals surface area contributed by atoms with Crippen molar-refractivity contribution >= 4 is 29.0 Å². The summed E-state index contributed by atoms with van der Waals surface area (Å²) in [6.45, 7) is 3.81. The van der Waals surface area contributed by atoms with E-state index in [9.17, 15) is 4.79 Å². The number of aromatic nitrogens is 4. The zero-order valence-corrected chi connectivity index (χ0v) is 16.8. The van der Waals surface area contributed by atoms with Gasteiger partial charge in [-0.3, -0.25) is 9.20 Å². The fraction of sp³-hybridized carbons (Fsp3) is 0.143. The maximum absolute atomic E-state index is 12.5. The quantitative estimate of drug-likeness (QED) is 0.483. The van der Waals surface area contributed by atoms with Gasteiger partial charge in [-0.2, -0.15) is 0 Å². The molecule has 0 saturated carbocycles. The highest BCUT2D eigenvalue weighted by molar-refractivity contribution is 7.99. The Kier molecular flexibility index (Phi) is 5.44. The number of aryl methyl sites for hydroxylation is 2. The second kappa shape index (κ2) is 8.32. The van der Waals surface area contributed by atoms with Crippen LogP contribution in [0.15, 0.2) is 65.8 Å². The lowest BCUT2D eigenvalue weighted by Crippen LogP contribution is -2.15. The fourth-order valence-corrected chi connectivity index (χ4v) is 3.67. The summed E-state index contributed by atoms with van der Waals surface area (Å²) in [6, 6.07) is 18.6. The van der Waals surface area contributed by atoms with Gasteiger partial charge in [0.05, 0.1) is 11.4 Å². The van der Waals surface area contributed by atoms with Crippen molar-refractivity contribution in [2.45, 2.75) is 19.0 Å². The SMILES string of the molecule is Cc1cc2nnc(SCC(=O)Nc3ccccc3Oc3ccccc3)n2c(C)n1. The average Bonchev–Trinajstić information content (AvgIpc) is 3.12. The van der Waals surface area contributed by atoms with E-state index in [0.29, 0.717) is 22.3 Å². The maximum atomic E-state index is 12.5. The van der Waals surface area contributed by atoms with Crippen molar-refractivity contribution < 1.29 is 9.53 Å². The number of amides is 1. The Hall–Kier alpha value is -3.39. The molecule has 0 aliphatic heterocycles. The van der Waals surface area contributed by atoms with Crippen molar-refractivity contribution in [2.75, 3.05) is 11.1 Å². The van der Waals surface area contributed by atoms with Gasteiger partial charge in [0.15, 0.2) is 16.6 Å². The van der Waals surface area contributed by atoms with Gasteiger partial charge in [-0.1, -0.05) is 42.1 Å². The lowest BCUT2D eigenvalue weighted by Gasteiger charge is -2.12. The number of ether oxygens (including phenoxy) is 1. The number of hydrogen-bond acceptors (Lipinski definition) is 6. The second-order valence-corrected chi connectivity index (χ2v) is 7.31. The van der Waals surface area contributed by atoms with Crippen LogP contribution in [0, 0.1) is 13.8 Å². The van der Waals surface area contributed by atoms with Gasteiger partial charge in [0, 0.05) is 11.8 Å². The molecule has 2 aromatic carbocycles. The monoisotopic (exact) mass is 405 g/mol. The highest BCUT2D eigenvalue weighted by atomic mass is 32.2. The summed E-state index contributed by atoms with van der Waals surface area (Å²) in [5, 5.41) is 11.9. The molecule has 0 spiro atoms. The molecule has 0 atom stereocenters. The van der Waals surface area contributed by atoms with E-state index >= 15 is 0 Å². The zero-order valence-electron chi connectivity index (χ0n) is 16.0. The van der Waals surface area contributed by atoms with E-state index in [1.165, 1.54) is 11.8 Å². The van der Waals surface area contributed by atoms with Gasteiger partial charge in [-0.25, -0.2) is 4.98 Å². The summed E-state index contributed by atoms with van der Waals surface area (Å²) >= 11 is 1.31. The molecule has 2 heterocycles. The topological polar surface area (TPSA) is 81.4 Å². The Morgan fingerprint density at radius 3 is 2.66 bits per heavy atom. The molecule has 0 aliphatic rings. The normalized spacial score (nSPS) is 10.8. The predicted molar refractivity (Wildman–Crippen MR) is 113 cm³/mol. The number of thioether (sulfide) groups is 1. The number of fused-ring (bicyclic) bond motifs is 1. The van der Waals surface area contributed by atoms with Crippen molar-refractivity contribution in [2.24, 2.45) is 0 Å². The molecular formula is C21H19N5O2S. The lowest BCUT2D eigenvalue weighted by molar-refractivity contribution is -0.113. The molecule has 29 heavy (non-hydrogen) atoms. The molecule has 0 bridgehead atoms. The summed E-state index contributed by atoms with van der Waals surface area (Å²) in [7, 11) is 0. The lowest BCUT2D eigenvalue weighted by atomic mass is 10.3. The Bertz CT molecular complexity index is 1160. The van der Waals surface area contributed by atoms with E-state index < -0.39 is 0 Å². The van der Waals surface area contributed by atoms with E-state index in [4.69, 9.17) is 4.74 Å². The van der Waals surface area contributed by atoms with Gasteiger partial charge >= 0.3 is 0 Å². The average molecular weight is 405 g/mol. The van der Waals surface area contributed by atoms with Crippen molar-refractivity contribution in [1.82, 2.24) is 19.6 Å². The molecule has 146 valence electrons. The Labute approximate surface area is 172 Å². The van der Waals surface area contributed by atoms with Crippen molar-refractivity contribution in [1.29, 1.82) is 0 Å². The molecule has 0 fully saturated rings. The van der Waals surface area contributed by atoms with Gasteiger partial charge < -0.3 is 10.1 Å². The molecule has 7 nitrogen and oxygen atoms in total. The summed E-state index contributed by atoms with van der Waals surface area (Å²) in [5.74, 6) is 2.11. The molecule has 4 aromatic rings. The van der Waals surface area contributed by atoms with Gasteiger partial charge in [-0.15, -0.1) is 10.2 Å². The number of nitrogens with one attached hydrogen (secondary N) is 1. The number of carbonyl (C=O) groups excluding carboxylic acids is 1. The Morgan fingerprint density at radius 2 is 1.83 bits per heavy atom. The summed E-state index contributed by atoms with van der Waals surface area (Å²) in [6.07, 6.45) is 0. The second-order valence-electron chi connectivity index (χ2n) is 6.37. The molecule has 0 radical (unpaired) electrons. The highest BCUT2D eigenvalue weighted by Gasteiger charge is 2.13. The van der Waals surface area contributed by atoms with E-state index in [-0.39, 0.29) is 11.7 Å². The van der Waals surface area contributed by atoms with Crippen LogP contribution < -0.4 is 10.1 Å².